The van der Waals surface area contributed by atoms with Gasteiger partial charge in [-0.25, -0.2) is 0 Å². The van der Waals surface area contributed by atoms with Crippen molar-refractivity contribution in [2.24, 2.45) is 0 Å². The third kappa shape index (κ3) is 4.06. The van der Waals surface area contributed by atoms with E-state index in [1.165, 1.54) is 12.8 Å². The molecule has 0 saturated carbocycles. The van der Waals surface area contributed by atoms with Crippen LogP contribution < -0.4 is 20.9 Å². The largest absolute Gasteiger partial charge is 0.371 e. The highest BCUT2D eigenvalue weighted by Crippen LogP contribution is 2.23. The van der Waals surface area contributed by atoms with Crippen LogP contribution in [0.5, 0.6) is 0 Å². The Morgan fingerprint density at radius 3 is 2.75 bits per heavy atom. The van der Waals surface area contributed by atoms with Crippen molar-refractivity contribution in [1.82, 2.24) is 10.6 Å². The van der Waals surface area contributed by atoms with E-state index in [2.05, 4.69) is 26.9 Å². The standard InChI is InChI=1S/C18H26N4O2/c1-13(20-18(24)16-8-5-9-19-16)17(23)21-14-6-4-7-15(12-14)22-10-2-3-11-22/h4,6-7,12-13,16,19H,2-3,5,8-11H2,1H3,(H,20,24)(H,21,23). The minimum atomic E-state index is -0.560. The van der Waals surface area contributed by atoms with Gasteiger partial charge in [0.2, 0.25) is 11.8 Å². The third-order valence-electron chi connectivity index (χ3n) is 4.71. The van der Waals surface area contributed by atoms with Crippen LogP contribution in [-0.2, 0) is 9.59 Å². The number of rotatable bonds is 5. The molecule has 3 rings (SSSR count). The smallest absolute Gasteiger partial charge is 0.246 e. The number of benzene rings is 1. The first-order valence-electron chi connectivity index (χ1n) is 8.83. The first-order chi connectivity index (χ1) is 11.6. The average Bonchev–Trinajstić information content (AvgIpc) is 3.28. The Morgan fingerprint density at radius 1 is 1.25 bits per heavy atom. The second-order valence-corrected chi connectivity index (χ2v) is 6.61. The van der Waals surface area contributed by atoms with E-state index in [1.54, 1.807) is 6.92 Å². The summed E-state index contributed by atoms with van der Waals surface area (Å²) in [6, 6.07) is 7.17. The zero-order chi connectivity index (χ0) is 16.9. The van der Waals surface area contributed by atoms with E-state index in [1.807, 2.05) is 18.2 Å². The normalized spacial score (nSPS) is 21.5. The van der Waals surface area contributed by atoms with Crippen LogP contribution in [0.4, 0.5) is 11.4 Å². The van der Waals surface area contributed by atoms with Crippen molar-refractivity contribution in [1.29, 1.82) is 0 Å². The number of carbonyl (C=O) groups is 2. The Hall–Kier alpha value is -2.08. The molecule has 130 valence electrons. The first-order valence-corrected chi connectivity index (χ1v) is 8.83. The summed E-state index contributed by atoms with van der Waals surface area (Å²) in [5.74, 6) is -0.291. The molecule has 24 heavy (non-hydrogen) atoms. The van der Waals surface area contributed by atoms with Gasteiger partial charge in [0.05, 0.1) is 6.04 Å². The van der Waals surface area contributed by atoms with Gasteiger partial charge in [0.15, 0.2) is 0 Å². The minimum Gasteiger partial charge on any atom is -0.371 e. The van der Waals surface area contributed by atoms with Crippen LogP contribution >= 0.6 is 0 Å². The summed E-state index contributed by atoms with van der Waals surface area (Å²) < 4.78 is 0. The molecule has 2 aliphatic heterocycles. The summed E-state index contributed by atoms with van der Waals surface area (Å²) in [5.41, 5.74) is 1.90. The highest BCUT2D eigenvalue weighted by atomic mass is 16.2. The predicted molar refractivity (Wildman–Crippen MR) is 95.1 cm³/mol. The number of nitrogens with zero attached hydrogens (tertiary/aromatic N) is 1. The second-order valence-electron chi connectivity index (χ2n) is 6.61. The van der Waals surface area contributed by atoms with Crippen LogP contribution in [0.2, 0.25) is 0 Å². The molecule has 2 atom stereocenters. The number of hydrogen-bond donors (Lipinski definition) is 3. The molecule has 0 spiro atoms. The Bertz CT molecular complexity index is 592. The van der Waals surface area contributed by atoms with Crippen LogP contribution in [0.15, 0.2) is 24.3 Å². The van der Waals surface area contributed by atoms with Crippen molar-refractivity contribution in [2.75, 3.05) is 29.9 Å². The van der Waals surface area contributed by atoms with Crippen LogP contribution in [0.3, 0.4) is 0 Å². The van der Waals surface area contributed by atoms with Crippen molar-refractivity contribution in [3.63, 3.8) is 0 Å². The summed E-state index contributed by atoms with van der Waals surface area (Å²) in [4.78, 5) is 26.7. The molecule has 2 saturated heterocycles. The fourth-order valence-corrected chi connectivity index (χ4v) is 3.29. The molecule has 0 aromatic heterocycles. The predicted octanol–water partition coefficient (Wildman–Crippen LogP) is 1.48. The van der Waals surface area contributed by atoms with Crippen LogP contribution in [-0.4, -0.2) is 43.5 Å². The van der Waals surface area contributed by atoms with E-state index in [0.717, 1.165) is 43.9 Å². The summed E-state index contributed by atoms with van der Waals surface area (Å²) in [6.45, 7) is 4.71. The summed E-state index contributed by atoms with van der Waals surface area (Å²) in [5, 5.41) is 8.83. The maximum Gasteiger partial charge on any atom is 0.246 e. The number of hydrogen-bond acceptors (Lipinski definition) is 4. The van der Waals surface area contributed by atoms with Gasteiger partial charge in [0.1, 0.15) is 6.04 Å². The van der Waals surface area contributed by atoms with Crippen LogP contribution in [0.1, 0.15) is 32.6 Å². The Morgan fingerprint density at radius 2 is 2.04 bits per heavy atom. The molecular weight excluding hydrogens is 304 g/mol. The molecule has 2 heterocycles. The summed E-state index contributed by atoms with van der Waals surface area (Å²) >= 11 is 0. The Kier molecular flexibility index (Phi) is 5.35. The van der Waals surface area contributed by atoms with E-state index >= 15 is 0 Å². The van der Waals surface area contributed by atoms with Gasteiger partial charge in [-0.3, -0.25) is 9.59 Å². The third-order valence-corrected chi connectivity index (χ3v) is 4.71. The highest BCUT2D eigenvalue weighted by molar-refractivity contribution is 5.97. The Labute approximate surface area is 143 Å². The van der Waals surface area contributed by atoms with Gasteiger partial charge < -0.3 is 20.9 Å². The topological polar surface area (TPSA) is 73.5 Å². The van der Waals surface area contributed by atoms with Gasteiger partial charge in [-0.2, -0.15) is 0 Å². The molecule has 2 fully saturated rings. The first kappa shape index (κ1) is 16.8. The Balaban J connectivity index is 1.55. The number of nitrogens with one attached hydrogen (secondary N) is 3. The van der Waals surface area contributed by atoms with Crippen molar-refractivity contribution in [3.8, 4) is 0 Å². The van der Waals surface area contributed by atoms with E-state index in [0.29, 0.717) is 0 Å². The van der Waals surface area contributed by atoms with Gasteiger partial charge in [0, 0.05) is 24.5 Å². The van der Waals surface area contributed by atoms with Crippen LogP contribution in [0, 0.1) is 0 Å². The lowest BCUT2D eigenvalue weighted by molar-refractivity contribution is -0.127. The van der Waals surface area contributed by atoms with Gasteiger partial charge in [-0.1, -0.05) is 6.07 Å². The molecule has 2 amide bonds. The van der Waals surface area contributed by atoms with E-state index in [9.17, 15) is 9.59 Å². The lowest BCUT2D eigenvalue weighted by Crippen LogP contribution is -2.48. The van der Waals surface area contributed by atoms with E-state index in [-0.39, 0.29) is 17.9 Å². The quantitative estimate of drug-likeness (QED) is 0.765. The molecule has 0 radical (unpaired) electrons. The average molecular weight is 330 g/mol. The SMILES string of the molecule is CC(NC(=O)C1CCCN1)C(=O)Nc1cccc(N2CCCC2)c1. The molecule has 1 aromatic rings. The van der Waals surface area contributed by atoms with Gasteiger partial charge in [0.25, 0.3) is 0 Å². The monoisotopic (exact) mass is 330 g/mol. The molecule has 6 nitrogen and oxygen atoms in total. The minimum absolute atomic E-state index is 0.0963. The highest BCUT2D eigenvalue weighted by Gasteiger charge is 2.25. The van der Waals surface area contributed by atoms with Crippen molar-refractivity contribution >= 4 is 23.2 Å². The van der Waals surface area contributed by atoms with Crippen molar-refractivity contribution < 1.29 is 9.59 Å². The molecule has 0 bridgehead atoms. The summed E-state index contributed by atoms with van der Waals surface area (Å²) in [6.07, 6.45) is 4.27. The van der Waals surface area contributed by atoms with Gasteiger partial charge in [-0.15, -0.1) is 0 Å². The number of carbonyl (C=O) groups excluding carboxylic acids is 2. The molecule has 6 heteroatoms. The van der Waals surface area contributed by atoms with Crippen molar-refractivity contribution in [3.05, 3.63) is 24.3 Å². The lowest BCUT2D eigenvalue weighted by Gasteiger charge is -2.20. The lowest BCUT2D eigenvalue weighted by atomic mass is 10.2. The maximum atomic E-state index is 12.3. The van der Waals surface area contributed by atoms with Crippen LogP contribution in [0.25, 0.3) is 0 Å². The molecule has 3 N–H and O–H groups in total. The molecular formula is C18H26N4O2. The number of anilines is 2. The number of amides is 2. The summed E-state index contributed by atoms with van der Waals surface area (Å²) in [7, 11) is 0. The maximum absolute atomic E-state index is 12.3. The van der Waals surface area contributed by atoms with E-state index < -0.39 is 6.04 Å². The zero-order valence-electron chi connectivity index (χ0n) is 14.2. The second kappa shape index (κ2) is 7.66. The van der Waals surface area contributed by atoms with E-state index in [4.69, 9.17) is 0 Å². The fraction of sp³-hybridized carbons (Fsp3) is 0.556. The fourth-order valence-electron chi connectivity index (χ4n) is 3.29. The molecule has 0 aliphatic carbocycles. The molecule has 2 aliphatic rings. The van der Waals surface area contributed by atoms with Gasteiger partial charge >= 0.3 is 0 Å². The molecule has 1 aromatic carbocycles. The van der Waals surface area contributed by atoms with Gasteiger partial charge in [-0.05, 0) is 57.4 Å². The molecule has 2 unspecified atom stereocenters. The zero-order valence-corrected chi connectivity index (χ0v) is 14.2. The van der Waals surface area contributed by atoms with Crippen molar-refractivity contribution in [2.45, 2.75) is 44.7 Å².